The number of hydrogen-bond donors (Lipinski definition) is 0. The fourth-order valence-electron chi connectivity index (χ4n) is 0.771. The van der Waals surface area contributed by atoms with Crippen molar-refractivity contribution in [3.8, 4) is 5.75 Å². The molecule has 72 valence electrons. The molecule has 0 unspecified atom stereocenters. The summed E-state index contributed by atoms with van der Waals surface area (Å²) in [5.74, 6) is -0.915. The van der Waals surface area contributed by atoms with Crippen molar-refractivity contribution >= 4 is 11.6 Å². The summed E-state index contributed by atoms with van der Waals surface area (Å²) in [6, 6.07) is 3.40. The van der Waals surface area contributed by atoms with E-state index in [2.05, 4.69) is 16.3 Å². The van der Waals surface area contributed by atoms with E-state index in [1.54, 1.807) is 0 Å². The van der Waals surface area contributed by atoms with E-state index >= 15 is 0 Å². The highest BCUT2D eigenvalue weighted by Crippen LogP contribution is 2.25. The molecule has 0 amide bonds. The first-order valence-corrected chi connectivity index (χ1v) is 3.78. The Morgan fingerprint density at radius 3 is 2.46 bits per heavy atom. The average Bonchev–Trinajstić information content (AvgIpc) is 1.94. The lowest BCUT2D eigenvalue weighted by molar-refractivity contribution is -0.0966. The molecule has 1 aromatic carbocycles. The molecule has 0 saturated heterocycles. The minimum atomic E-state index is -3.80. The average molecular weight is 211 g/mol. The summed E-state index contributed by atoms with van der Waals surface area (Å²) in [6.07, 6.45) is 0. The standard InChI is InChI=1S/C8H6ClF3O/c1-5-2-3-6(4-7(5)10)13-8(9,11)12/h2-4H,1H3. The molecule has 0 heterocycles. The van der Waals surface area contributed by atoms with E-state index in [4.69, 9.17) is 0 Å². The largest absolute Gasteiger partial charge is 0.487 e. The fraction of sp³-hybridized carbons (Fsp3) is 0.250. The van der Waals surface area contributed by atoms with Crippen LogP contribution < -0.4 is 4.74 Å². The molecule has 0 N–H and O–H groups in total. The van der Waals surface area contributed by atoms with Crippen LogP contribution in [0.2, 0.25) is 0 Å². The van der Waals surface area contributed by atoms with Crippen LogP contribution in [0, 0.1) is 12.7 Å². The Morgan fingerprint density at radius 1 is 1.38 bits per heavy atom. The first kappa shape index (κ1) is 10.2. The van der Waals surface area contributed by atoms with Gasteiger partial charge in [0.1, 0.15) is 11.6 Å². The van der Waals surface area contributed by atoms with Crippen LogP contribution in [0.3, 0.4) is 0 Å². The van der Waals surface area contributed by atoms with Crippen LogP contribution in [-0.4, -0.2) is 5.57 Å². The summed E-state index contributed by atoms with van der Waals surface area (Å²) >= 11 is 4.48. The lowest BCUT2D eigenvalue weighted by Gasteiger charge is -2.10. The Balaban J connectivity index is 2.86. The summed E-state index contributed by atoms with van der Waals surface area (Å²) in [5.41, 5.74) is -3.45. The highest BCUT2D eigenvalue weighted by atomic mass is 35.5. The van der Waals surface area contributed by atoms with Gasteiger partial charge in [0, 0.05) is 17.7 Å². The summed E-state index contributed by atoms with van der Waals surface area (Å²) in [7, 11) is 0. The molecular weight excluding hydrogens is 205 g/mol. The zero-order chi connectivity index (χ0) is 10.1. The monoisotopic (exact) mass is 210 g/mol. The first-order chi connectivity index (χ1) is 5.88. The smallest absolute Gasteiger partial charge is 0.420 e. The maximum Gasteiger partial charge on any atom is 0.487 e. The molecule has 0 aromatic heterocycles. The minimum absolute atomic E-state index is 0.303. The zero-order valence-corrected chi connectivity index (χ0v) is 7.41. The van der Waals surface area contributed by atoms with Crippen LogP contribution in [0.25, 0.3) is 0 Å². The normalized spacial score (nSPS) is 11.5. The summed E-state index contributed by atoms with van der Waals surface area (Å²) in [4.78, 5) is 0. The van der Waals surface area contributed by atoms with Crippen LogP contribution >= 0.6 is 11.6 Å². The molecule has 1 aromatic rings. The highest BCUT2D eigenvalue weighted by molar-refractivity contribution is 6.20. The number of hydrogen-bond acceptors (Lipinski definition) is 1. The topological polar surface area (TPSA) is 9.23 Å². The number of halogens is 4. The molecule has 1 nitrogen and oxygen atoms in total. The van der Waals surface area contributed by atoms with Crippen molar-refractivity contribution in [2.24, 2.45) is 0 Å². The van der Waals surface area contributed by atoms with Gasteiger partial charge in [-0.25, -0.2) is 4.39 Å². The molecule has 0 spiro atoms. The Kier molecular flexibility index (Phi) is 2.71. The highest BCUT2D eigenvalue weighted by Gasteiger charge is 2.27. The van der Waals surface area contributed by atoms with Crippen molar-refractivity contribution in [1.29, 1.82) is 0 Å². The molecule has 0 atom stereocenters. The van der Waals surface area contributed by atoms with Crippen LogP contribution in [0.1, 0.15) is 5.56 Å². The molecule has 5 heteroatoms. The van der Waals surface area contributed by atoms with E-state index in [1.165, 1.54) is 19.1 Å². The summed E-state index contributed by atoms with van der Waals surface area (Å²) in [6.45, 7) is 1.51. The minimum Gasteiger partial charge on any atom is -0.420 e. The van der Waals surface area contributed by atoms with Crippen molar-refractivity contribution in [1.82, 2.24) is 0 Å². The summed E-state index contributed by atoms with van der Waals surface area (Å²) < 4.78 is 40.8. The Morgan fingerprint density at radius 2 is 2.00 bits per heavy atom. The van der Waals surface area contributed by atoms with Gasteiger partial charge in [-0.15, -0.1) is 8.78 Å². The van der Waals surface area contributed by atoms with Gasteiger partial charge < -0.3 is 4.74 Å². The number of ether oxygens (including phenoxy) is 1. The first-order valence-electron chi connectivity index (χ1n) is 3.40. The maximum atomic E-state index is 12.8. The van der Waals surface area contributed by atoms with E-state index < -0.39 is 11.4 Å². The van der Waals surface area contributed by atoms with Crippen LogP contribution in [-0.2, 0) is 0 Å². The SMILES string of the molecule is Cc1ccc(OC(F)(F)Cl)cc1F. The van der Waals surface area contributed by atoms with Crippen molar-refractivity contribution in [2.75, 3.05) is 0 Å². The van der Waals surface area contributed by atoms with Crippen molar-refractivity contribution in [3.05, 3.63) is 29.6 Å². The molecule has 0 aliphatic carbocycles. The van der Waals surface area contributed by atoms with Crippen molar-refractivity contribution < 1.29 is 17.9 Å². The predicted octanol–water partition coefficient (Wildman–Crippen LogP) is 3.30. The molecule has 0 bridgehead atoms. The summed E-state index contributed by atoms with van der Waals surface area (Å²) in [5, 5.41) is 0. The molecule has 0 aliphatic rings. The van der Waals surface area contributed by atoms with Gasteiger partial charge in [-0.05, 0) is 18.6 Å². The third-order valence-corrected chi connectivity index (χ3v) is 1.45. The van der Waals surface area contributed by atoms with Crippen LogP contribution in [0.4, 0.5) is 13.2 Å². The maximum absolute atomic E-state index is 12.8. The fourth-order valence-corrected chi connectivity index (χ4v) is 0.860. The van der Waals surface area contributed by atoms with E-state index in [1.807, 2.05) is 0 Å². The number of benzene rings is 1. The molecule has 0 radical (unpaired) electrons. The number of rotatable bonds is 2. The van der Waals surface area contributed by atoms with E-state index in [-0.39, 0.29) is 5.75 Å². The Hall–Kier alpha value is -0.900. The van der Waals surface area contributed by atoms with E-state index in [9.17, 15) is 13.2 Å². The Bertz CT molecular complexity index is 309. The van der Waals surface area contributed by atoms with Gasteiger partial charge in [0.05, 0.1) is 0 Å². The number of aryl methyl sites for hydroxylation is 1. The van der Waals surface area contributed by atoms with Crippen LogP contribution in [0.5, 0.6) is 5.75 Å². The van der Waals surface area contributed by atoms with Gasteiger partial charge in [-0.2, -0.15) is 0 Å². The van der Waals surface area contributed by atoms with E-state index in [0.717, 1.165) is 6.07 Å². The van der Waals surface area contributed by atoms with Crippen molar-refractivity contribution in [3.63, 3.8) is 0 Å². The molecule has 0 saturated carbocycles. The second-order valence-corrected chi connectivity index (χ2v) is 2.90. The van der Waals surface area contributed by atoms with Crippen LogP contribution in [0.15, 0.2) is 18.2 Å². The second-order valence-electron chi connectivity index (χ2n) is 2.46. The van der Waals surface area contributed by atoms with Crippen molar-refractivity contribution in [2.45, 2.75) is 12.5 Å². The third kappa shape index (κ3) is 3.14. The van der Waals surface area contributed by atoms with Gasteiger partial charge in [0.15, 0.2) is 0 Å². The van der Waals surface area contributed by atoms with Gasteiger partial charge in [-0.3, -0.25) is 0 Å². The molecule has 0 fully saturated rings. The van der Waals surface area contributed by atoms with Gasteiger partial charge in [0.2, 0.25) is 0 Å². The lowest BCUT2D eigenvalue weighted by Crippen LogP contribution is -2.15. The molecule has 13 heavy (non-hydrogen) atoms. The molecule has 0 aliphatic heterocycles. The lowest BCUT2D eigenvalue weighted by atomic mass is 10.2. The molecular formula is C8H6ClF3O. The zero-order valence-electron chi connectivity index (χ0n) is 6.65. The Labute approximate surface area is 78.1 Å². The second kappa shape index (κ2) is 3.46. The van der Waals surface area contributed by atoms with E-state index in [0.29, 0.717) is 5.56 Å². The predicted molar refractivity (Wildman–Crippen MR) is 42.6 cm³/mol. The molecule has 1 rings (SSSR count). The third-order valence-electron chi connectivity index (χ3n) is 1.38. The van der Waals surface area contributed by atoms with Gasteiger partial charge >= 0.3 is 5.57 Å². The van der Waals surface area contributed by atoms with Gasteiger partial charge in [0.25, 0.3) is 0 Å². The quantitative estimate of drug-likeness (QED) is 0.681. The van der Waals surface area contributed by atoms with Gasteiger partial charge in [-0.1, -0.05) is 6.07 Å². The number of alkyl halides is 3.